The molecule has 0 aromatic heterocycles. The summed E-state index contributed by atoms with van der Waals surface area (Å²) in [7, 11) is 2.22. The summed E-state index contributed by atoms with van der Waals surface area (Å²) in [5.74, 6) is 1.14. The van der Waals surface area contributed by atoms with E-state index in [0.29, 0.717) is 5.75 Å². The van der Waals surface area contributed by atoms with E-state index in [4.69, 9.17) is 0 Å². The number of hydrogen-bond acceptors (Lipinski definition) is 2. The molecule has 1 saturated carbocycles. The highest BCUT2D eigenvalue weighted by Gasteiger charge is 2.26. The van der Waals surface area contributed by atoms with E-state index >= 15 is 0 Å². The minimum absolute atomic E-state index is 0.0548. The second kappa shape index (κ2) is 8.14. The monoisotopic (exact) mass is 359 g/mol. The van der Waals surface area contributed by atoms with Crippen molar-refractivity contribution in [3.05, 3.63) is 77.9 Å². The van der Waals surface area contributed by atoms with Crippen molar-refractivity contribution in [3.63, 3.8) is 0 Å². The molecule has 0 heterocycles. The molecule has 0 amide bonds. The lowest BCUT2D eigenvalue weighted by molar-refractivity contribution is 0.201. The first-order valence-electron chi connectivity index (χ1n) is 10.2. The maximum absolute atomic E-state index is 10.9. The summed E-state index contributed by atoms with van der Waals surface area (Å²) < 4.78 is 0. The number of phenols is 1. The number of fused-ring (bicyclic) bond motifs is 1. The van der Waals surface area contributed by atoms with E-state index in [1.54, 1.807) is 0 Å². The van der Waals surface area contributed by atoms with Gasteiger partial charge >= 0.3 is 0 Å². The number of benzene rings is 3. The second-order valence-electron chi connectivity index (χ2n) is 7.98. The molecule has 27 heavy (non-hydrogen) atoms. The van der Waals surface area contributed by atoms with E-state index in [9.17, 15) is 5.11 Å². The fraction of sp³-hybridized carbons (Fsp3) is 0.360. The van der Waals surface area contributed by atoms with Crippen molar-refractivity contribution in [2.24, 2.45) is 5.92 Å². The Labute approximate surface area is 162 Å². The van der Waals surface area contributed by atoms with Crippen molar-refractivity contribution in [2.45, 2.75) is 38.1 Å². The quantitative estimate of drug-likeness (QED) is 0.591. The van der Waals surface area contributed by atoms with Gasteiger partial charge in [0.15, 0.2) is 0 Å². The molecule has 0 aliphatic heterocycles. The van der Waals surface area contributed by atoms with Crippen LogP contribution in [0.4, 0.5) is 0 Å². The molecule has 1 N–H and O–H groups in total. The Morgan fingerprint density at radius 2 is 1.59 bits per heavy atom. The van der Waals surface area contributed by atoms with Crippen molar-refractivity contribution in [1.82, 2.24) is 4.90 Å². The topological polar surface area (TPSA) is 23.5 Å². The maximum atomic E-state index is 10.9. The van der Waals surface area contributed by atoms with Gasteiger partial charge in [0, 0.05) is 12.1 Å². The Hall–Kier alpha value is -2.32. The third-order valence-electron chi connectivity index (χ3n) is 6.05. The van der Waals surface area contributed by atoms with Crippen molar-refractivity contribution in [1.29, 1.82) is 0 Å². The van der Waals surface area contributed by atoms with Gasteiger partial charge < -0.3 is 5.11 Å². The molecular formula is C25H29NO. The molecule has 0 bridgehead atoms. The van der Waals surface area contributed by atoms with Crippen molar-refractivity contribution in [2.75, 3.05) is 13.6 Å². The molecule has 0 unspecified atom stereocenters. The molecule has 3 aromatic rings. The van der Waals surface area contributed by atoms with Crippen LogP contribution in [0.3, 0.4) is 0 Å². The number of nitrogens with zero attached hydrogens (tertiary/aromatic N) is 1. The average molecular weight is 360 g/mol. The van der Waals surface area contributed by atoms with Gasteiger partial charge in [-0.3, -0.25) is 4.90 Å². The molecule has 1 fully saturated rings. The first kappa shape index (κ1) is 18.1. The SMILES string of the molecule is CN(CC1CCCCC1)[C@@H](c1ccccc1)c1c(O)ccc2ccccc12. The predicted octanol–water partition coefficient (Wildman–Crippen LogP) is 6.15. The number of hydrogen-bond donors (Lipinski definition) is 1. The molecule has 1 aliphatic rings. The maximum Gasteiger partial charge on any atom is 0.121 e. The zero-order valence-electron chi connectivity index (χ0n) is 16.1. The molecule has 3 aromatic carbocycles. The van der Waals surface area contributed by atoms with E-state index < -0.39 is 0 Å². The van der Waals surface area contributed by atoms with Crippen LogP contribution in [-0.2, 0) is 0 Å². The van der Waals surface area contributed by atoms with E-state index in [2.05, 4.69) is 66.5 Å². The molecule has 0 saturated heterocycles. The third-order valence-corrected chi connectivity index (χ3v) is 6.05. The van der Waals surface area contributed by atoms with Gasteiger partial charge in [-0.1, -0.05) is 79.9 Å². The Kier molecular flexibility index (Phi) is 5.45. The molecule has 1 atom stereocenters. The Morgan fingerprint density at radius 1 is 0.889 bits per heavy atom. The number of rotatable bonds is 5. The fourth-order valence-corrected chi connectivity index (χ4v) is 4.73. The van der Waals surface area contributed by atoms with Gasteiger partial charge in [0.25, 0.3) is 0 Å². The number of aromatic hydroxyl groups is 1. The van der Waals surface area contributed by atoms with Crippen molar-refractivity contribution in [3.8, 4) is 5.75 Å². The molecule has 2 heteroatoms. The van der Waals surface area contributed by atoms with Crippen LogP contribution in [0.15, 0.2) is 66.7 Å². The second-order valence-corrected chi connectivity index (χ2v) is 7.98. The lowest BCUT2D eigenvalue weighted by Crippen LogP contribution is -2.31. The fourth-order valence-electron chi connectivity index (χ4n) is 4.73. The summed E-state index contributed by atoms with van der Waals surface area (Å²) >= 11 is 0. The van der Waals surface area contributed by atoms with Crippen LogP contribution in [0.2, 0.25) is 0 Å². The summed E-state index contributed by atoms with van der Waals surface area (Å²) in [6.07, 6.45) is 6.75. The highest BCUT2D eigenvalue weighted by Crippen LogP contribution is 2.39. The van der Waals surface area contributed by atoms with E-state index in [1.165, 1.54) is 43.1 Å². The summed E-state index contributed by atoms with van der Waals surface area (Å²) in [6, 6.07) is 22.9. The van der Waals surface area contributed by atoms with Gasteiger partial charge in [0.05, 0.1) is 6.04 Å². The minimum atomic E-state index is 0.0548. The van der Waals surface area contributed by atoms with Crippen LogP contribution in [0.25, 0.3) is 10.8 Å². The van der Waals surface area contributed by atoms with Crippen LogP contribution in [0, 0.1) is 5.92 Å². The molecule has 1 aliphatic carbocycles. The van der Waals surface area contributed by atoms with Gasteiger partial charge in [-0.2, -0.15) is 0 Å². The van der Waals surface area contributed by atoms with E-state index in [0.717, 1.165) is 23.4 Å². The highest BCUT2D eigenvalue weighted by atomic mass is 16.3. The van der Waals surface area contributed by atoms with Crippen molar-refractivity contribution >= 4 is 10.8 Å². The molecule has 4 rings (SSSR count). The van der Waals surface area contributed by atoms with Gasteiger partial charge in [-0.15, -0.1) is 0 Å². The first-order valence-corrected chi connectivity index (χ1v) is 10.2. The van der Waals surface area contributed by atoms with Crippen LogP contribution in [0.1, 0.15) is 49.3 Å². The summed E-state index contributed by atoms with van der Waals surface area (Å²) in [4.78, 5) is 2.45. The normalized spacial score (nSPS) is 16.7. The van der Waals surface area contributed by atoms with Gasteiger partial charge in [-0.25, -0.2) is 0 Å². The molecule has 2 nitrogen and oxygen atoms in total. The lowest BCUT2D eigenvalue weighted by Gasteiger charge is -2.34. The molecular weight excluding hydrogens is 330 g/mol. The van der Waals surface area contributed by atoms with E-state index in [1.807, 2.05) is 12.1 Å². The van der Waals surface area contributed by atoms with Crippen LogP contribution in [0.5, 0.6) is 5.75 Å². The van der Waals surface area contributed by atoms with Gasteiger partial charge in [-0.05, 0) is 48.2 Å². The predicted molar refractivity (Wildman–Crippen MR) is 113 cm³/mol. The molecule has 0 spiro atoms. The van der Waals surface area contributed by atoms with Gasteiger partial charge in [0.2, 0.25) is 0 Å². The summed E-state index contributed by atoms with van der Waals surface area (Å²) in [6.45, 7) is 1.07. The zero-order valence-corrected chi connectivity index (χ0v) is 16.1. The van der Waals surface area contributed by atoms with Crippen molar-refractivity contribution < 1.29 is 5.11 Å². The number of phenolic OH excluding ortho intramolecular Hbond substituents is 1. The highest BCUT2D eigenvalue weighted by molar-refractivity contribution is 5.88. The Balaban J connectivity index is 1.78. The minimum Gasteiger partial charge on any atom is -0.508 e. The third kappa shape index (κ3) is 3.86. The molecule has 140 valence electrons. The zero-order chi connectivity index (χ0) is 18.6. The summed E-state index contributed by atoms with van der Waals surface area (Å²) in [5.41, 5.74) is 2.26. The smallest absolute Gasteiger partial charge is 0.121 e. The standard InChI is InChI=1S/C25H29NO/c1-26(18-19-10-4-2-5-11-19)25(21-13-6-3-7-14-21)24-22-15-9-8-12-20(22)16-17-23(24)27/h3,6-9,12-17,19,25,27H,2,4-5,10-11,18H2,1H3/t25-/m0/s1. The average Bonchev–Trinajstić information content (AvgIpc) is 2.71. The van der Waals surface area contributed by atoms with Crippen LogP contribution in [-0.4, -0.2) is 23.6 Å². The first-order chi connectivity index (χ1) is 13.2. The van der Waals surface area contributed by atoms with Crippen LogP contribution >= 0.6 is 0 Å². The Bertz CT molecular complexity index is 883. The Morgan fingerprint density at radius 3 is 2.37 bits per heavy atom. The molecule has 0 radical (unpaired) electrons. The lowest BCUT2D eigenvalue weighted by atomic mass is 9.87. The van der Waals surface area contributed by atoms with E-state index in [-0.39, 0.29) is 6.04 Å². The summed E-state index contributed by atoms with van der Waals surface area (Å²) in [5, 5.41) is 13.2. The van der Waals surface area contributed by atoms with Crippen LogP contribution < -0.4 is 0 Å². The van der Waals surface area contributed by atoms with Gasteiger partial charge in [0.1, 0.15) is 5.75 Å². The largest absolute Gasteiger partial charge is 0.508 e.